The number of hydrogen-bond acceptors (Lipinski definition) is 2. The number of hydrogen-bond donors (Lipinski definition) is 1. The average Bonchev–Trinajstić information content (AvgIpc) is 2.48. The molecule has 2 aromatic rings. The molecule has 2 aromatic carbocycles. The van der Waals surface area contributed by atoms with Crippen LogP contribution in [-0.4, -0.2) is 7.11 Å². The molecule has 0 aliphatic heterocycles. The first-order chi connectivity index (χ1) is 9.61. The molecule has 0 aromatic heterocycles. The van der Waals surface area contributed by atoms with E-state index in [0.29, 0.717) is 0 Å². The van der Waals surface area contributed by atoms with Gasteiger partial charge >= 0.3 is 0 Å². The Bertz CT molecular complexity index is 566. The van der Waals surface area contributed by atoms with Gasteiger partial charge in [0.1, 0.15) is 5.75 Å². The lowest BCUT2D eigenvalue weighted by Crippen LogP contribution is -2.13. The van der Waals surface area contributed by atoms with Crippen LogP contribution in [0.2, 0.25) is 0 Å². The molecule has 3 heteroatoms. The summed E-state index contributed by atoms with van der Waals surface area (Å²) in [4.78, 5) is 0. The van der Waals surface area contributed by atoms with Crippen LogP contribution in [0.3, 0.4) is 0 Å². The van der Waals surface area contributed by atoms with Crippen LogP contribution in [-0.2, 0) is 6.42 Å². The van der Waals surface area contributed by atoms with E-state index in [1.54, 1.807) is 7.11 Å². The summed E-state index contributed by atoms with van der Waals surface area (Å²) in [6.07, 6.45) is 1.93. The fraction of sp³-hybridized carbons (Fsp3) is 0.294. The van der Waals surface area contributed by atoms with Gasteiger partial charge in [0.25, 0.3) is 0 Å². The van der Waals surface area contributed by atoms with Crippen molar-refractivity contribution in [3.63, 3.8) is 0 Å². The summed E-state index contributed by atoms with van der Waals surface area (Å²) < 4.78 is 6.45. The molecule has 1 unspecified atom stereocenters. The second-order valence-electron chi connectivity index (χ2n) is 4.97. The molecule has 0 aliphatic rings. The highest BCUT2D eigenvalue weighted by atomic mass is 127. The lowest BCUT2D eigenvalue weighted by atomic mass is 9.98. The Balaban J connectivity index is 2.00. The van der Waals surface area contributed by atoms with Crippen LogP contribution < -0.4 is 10.5 Å². The number of halogens is 1. The number of methoxy groups -OCH3 is 1. The molecule has 20 heavy (non-hydrogen) atoms. The van der Waals surface area contributed by atoms with Crippen LogP contribution >= 0.6 is 22.6 Å². The smallest absolute Gasteiger partial charge is 0.118 e. The molecule has 0 spiro atoms. The summed E-state index contributed by atoms with van der Waals surface area (Å²) in [5.41, 5.74) is 10.2. The average molecular weight is 381 g/mol. The molecule has 2 rings (SSSR count). The summed E-state index contributed by atoms with van der Waals surface area (Å²) in [5, 5.41) is 0. The molecule has 0 aliphatic carbocycles. The third-order valence-corrected chi connectivity index (χ3v) is 5.00. The maximum absolute atomic E-state index is 6.34. The minimum Gasteiger partial charge on any atom is -0.497 e. The number of nitrogens with two attached hydrogens (primary N) is 1. The lowest BCUT2D eigenvalue weighted by molar-refractivity contribution is 0.414. The van der Waals surface area contributed by atoms with Gasteiger partial charge in [-0.05, 0) is 71.2 Å². The van der Waals surface area contributed by atoms with E-state index in [-0.39, 0.29) is 6.04 Å². The first kappa shape index (κ1) is 15.3. The quantitative estimate of drug-likeness (QED) is 0.787. The Morgan fingerprint density at radius 2 is 1.85 bits per heavy atom. The fourth-order valence-electron chi connectivity index (χ4n) is 2.23. The highest BCUT2D eigenvalue weighted by Gasteiger charge is 2.11. The lowest BCUT2D eigenvalue weighted by Gasteiger charge is -2.15. The zero-order valence-corrected chi connectivity index (χ0v) is 14.1. The molecule has 0 radical (unpaired) electrons. The van der Waals surface area contributed by atoms with Crippen LogP contribution in [0.1, 0.15) is 29.2 Å². The maximum Gasteiger partial charge on any atom is 0.118 e. The van der Waals surface area contributed by atoms with Gasteiger partial charge in [-0.25, -0.2) is 0 Å². The molecule has 0 amide bonds. The first-order valence-corrected chi connectivity index (χ1v) is 7.83. The van der Waals surface area contributed by atoms with Crippen molar-refractivity contribution in [3.8, 4) is 5.75 Å². The SMILES string of the molecule is COc1ccc(CCC(N)c2cccc(C)c2I)cc1. The minimum atomic E-state index is 0.0869. The van der Waals surface area contributed by atoms with E-state index >= 15 is 0 Å². The summed E-state index contributed by atoms with van der Waals surface area (Å²) in [6.45, 7) is 2.13. The van der Waals surface area contributed by atoms with E-state index in [1.165, 1.54) is 20.3 Å². The van der Waals surface area contributed by atoms with Gasteiger partial charge in [-0.2, -0.15) is 0 Å². The van der Waals surface area contributed by atoms with Crippen LogP contribution in [0, 0.1) is 10.5 Å². The van der Waals surface area contributed by atoms with E-state index in [1.807, 2.05) is 12.1 Å². The third-order valence-electron chi connectivity index (χ3n) is 3.52. The largest absolute Gasteiger partial charge is 0.497 e. The Morgan fingerprint density at radius 1 is 1.15 bits per heavy atom. The van der Waals surface area contributed by atoms with Gasteiger partial charge in [0.05, 0.1) is 7.11 Å². The molecular formula is C17H20INO. The van der Waals surface area contributed by atoms with Gasteiger partial charge in [0, 0.05) is 9.61 Å². The molecule has 106 valence electrons. The minimum absolute atomic E-state index is 0.0869. The molecular weight excluding hydrogens is 361 g/mol. The zero-order chi connectivity index (χ0) is 14.5. The van der Waals surface area contributed by atoms with Crippen molar-refractivity contribution in [3.05, 3.63) is 62.7 Å². The van der Waals surface area contributed by atoms with Crippen molar-refractivity contribution in [2.75, 3.05) is 7.11 Å². The number of aryl methyl sites for hydroxylation is 2. The summed E-state index contributed by atoms with van der Waals surface area (Å²) in [5.74, 6) is 0.895. The van der Waals surface area contributed by atoms with Gasteiger partial charge in [-0.15, -0.1) is 0 Å². The number of benzene rings is 2. The second-order valence-corrected chi connectivity index (χ2v) is 6.05. The first-order valence-electron chi connectivity index (χ1n) is 6.75. The molecule has 1 atom stereocenters. The molecule has 0 heterocycles. The highest BCUT2D eigenvalue weighted by Crippen LogP contribution is 2.25. The number of ether oxygens (including phenoxy) is 1. The zero-order valence-electron chi connectivity index (χ0n) is 11.9. The van der Waals surface area contributed by atoms with Crippen LogP contribution in [0.25, 0.3) is 0 Å². The predicted molar refractivity (Wildman–Crippen MR) is 92.1 cm³/mol. The van der Waals surface area contributed by atoms with Crippen molar-refractivity contribution in [2.45, 2.75) is 25.8 Å². The van der Waals surface area contributed by atoms with Gasteiger partial charge in [0.2, 0.25) is 0 Å². The van der Waals surface area contributed by atoms with Crippen LogP contribution in [0.15, 0.2) is 42.5 Å². The topological polar surface area (TPSA) is 35.2 Å². The molecule has 2 N–H and O–H groups in total. The van der Waals surface area contributed by atoms with Crippen molar-refractivity contribution < 1.29 is 4.74 Å². The molecule has 2 nitrogen and oxygen atoms in total. The predicted octanol–water partition coefficient (Wildman–Crippen LogP) is 4.24. The summed E-state index contributed by atoms with van der Waals surface area (Å²) in [7, 11) is 1.69. The van der Waals surface area contributed by atoms with Gasteiger partial charge in [0.15, 0.2) is 0 Å². The van der Waals surface area contributed by atoms with E-state index < -0.39 is 0 Å². The van der Waals surface area contributed by atoms with Crippen molar-refractivity contribution in [1.29, 1.82) is 0 Å². The van der Waals surface area contributed by atoms with Crippen molar-refractivity contribution >= 4 is 22.6 Å². The maximum atomic E-state index is 6.34. The summed E-state index contributed by atoms with van der Waals surface area (Å²) in [6, 6.07) is 14.6. The van der Waals surface area contributed by atoms with Gasteiger partial charge < -0.3 is 10.5 Å². The van der Waals surface area contributed by atoms with Gasteiger partial charge in [-0.3, -0.25) is 0 Å². The normalized spacial score (nSPS) is 12.2. The van der Waals surface area contributed by atoms with Gasteiger partial charge in [-0.1, -0.05) is 30.3 Å². The van der Waals surface area contributed by atoms with E-state index in [9.17, 15) is 0 Å². The number of rotatable bonds is 5. The fourth-order valence-corrected chi connectivity index (χ4v) is 2.99. The third kappa shape index (κ3) is 3.73. The van der Waals surface area contributed by atoms with E-state index in [4.69, 9.17) is 10.5 Å². The molecule has 0 bridgehead atoms. The monoisotopic (exact) mass is 381 g/mol. The van der Waals surface area contributed by atoms with E-state index in [0.717, 1.165) is 18.6 Å². The molecule has 0 saturated heterocycles. The Labute approximate surface area is 134 Å². The molecule has 0 fully saturated rings. The second kappa shape index (κ2) is 7.09. The summed E-state index contributed by atoms with van der Waals surface area (Å²) >= 11 is 2.39. The van der Waals surface area contributed by atoms with Crippen LogP contribution in [0.4, 0.5) is 0 Å². The Hall–Kier alpha value is -1.07. The highest BCUT2D eigenvalue weighted by molar-refractivity contribution is 14.1. The molecule has 0 saturated carbocycles. The Morgan fingerprint density at radius 3 is 2.50 bits per heavy atom. The standard InChI is InChI=1S/C17H20INO/c1-12-4-3-5-15(17(12)18)16(19)11-8-13-6-9-14(20-2)10-7-13/h3-7,9-10,16H,8,11,19H2,1-2H3. The van der Waals surface area contributed by atoms with Crippen molar-refractivity contribution in [1.82, 2.24) is 0 Å². The van der Waals surface area contributed by atoms with Crippen molar-refractivity contribution in [2.24, 2.45) is 5.73 Å². The van der Waals surface area contributed by atoms with Crippen LogP contribution in [0.5, 0.6) is 5.75 Å². The van der Waals surface area contributed by atoms with E-state index in [2.05, 4.69) is 59.8 Å². The Kier molecular flexibility index (Phi) is 5.43.